The molecule has 1 aliphatic heterocycles. The molecule has 1 unspecified atom stereocenters. The molecule has 168 valence electrons. The van der Waals surface area contributed by atoms with Crippen LogP contribution < -0.4 is 25.4 Å². The predicted octanol–water partition coefficient (Wildman–Crippen LogP) is 2.15. The van der Waals surface area contributed by atoms with Crippen molar-refractivity contribution in [3.63, 3.8) is 0 Å². The van der Waals surface area contributed by atoms with Gasteiger partial charge in [0.1, 0.15) is 0 Å². The van der Waals surface area contributed by atoms with Crippen LogP contribution in [0.5, 0.6) is 11.5 Å². The highest BCUT2D eigenvalue weighted by Crippen LogP contribution is 2.34. The van der Waals surface area contributed by atoms with Crippen LogP contribution in [0.25, 0.3) is 0 Å². The topological polar surface area (TPSA) is 132 Å². The van der Waals surface area contributed by atoms with E-state index in [9.17, 15) is 19.2 Å². The number of hydrogen-bond donors (Lipinski definition) is 3. The predicted molar refractivity (Wildman–Crippen MR) is 116 cm³/mol. The zero-order chi connectivity index (χ0) is 23.1. The van der Waals surface area contributed by atoms with Crippen LogP contribution in [-0.4, -0.2) is 49.5 Å². The van der Waals surface area contributed by atoms with Gasteiger partial charge in [0.05, 0.1) is 11.3 Å². The maximum atomic E-state index is 12.5. The van der Waals surface area contributed by atoms with Crippen molar-refractivity contribution >= 4 is 41.3 Å². The number of thioether (sulfide) groups is 1. The SMILES string of the molecule is CNC(=O)NC(=O)C(C)OC(=O)c1ccccc1SCC(=O)Nc1ccc2c(c1)OCO2. The minimum atomic E-state index is -1.19. The summed E-state index contributed by atoms with van der Waals surface area (Å²) in [5.74, 6) is -0.586. The van der Waals surface area contributed by atoms with Gasteiger partial charge in [-0.15, -0.1) is 11.8 Å². The fourth-order valence-electron chi connectivity index (χ4n) is 2.63. The van der Waals surface area contributed by atoms with Crippen molar-refractivity contribution in [3.05, 3.63) is 48.0 Å². The van der Waals surface area contributed by atoms with Gasteiger partial charge >= 0.3 is 12.0 Å². The number of carbonyl (C=O) groups is 4. The Morgan fingerprint density at radius 2 is 1.84 bits per heavy atom. The van der Waals surface area contributed by atoms with E-state index >= 15 is 0 Å². The molecule has 4 amide bonds. The van der Waals surface area contributed by atoms with Crippen molar-refractivity contribution in [2.24, 2.45) is 0 Å². The number of carbonyl (C=O) groups excluding carboxylic acids is 4. The Labute approximate surface area is 188 Å². The minimum absolute atomic E-state index is 0.0332. The molecule has 1 aliphatic rings. The number of urea groups is 1. The zero-order valence-corrected chi connectivity index (χ0v) is 18.1. The summed E-state index contributed by atoms with van der Waals surface area (Å²) in [5.41, 5.74) is 0.761. The molecule has 0 saturated carbocycles. The van der Waals surface area contributed by atoms with Gasteiger partial charge < -0.3 is 24.8 Å². The molecular formula is C21H21N3O7S. The summed E-state index contributed by atoms with van der Waals surface area (Å²) in [6, 6.07) is 10.9. The van der Waals surface area contributed by atoms with E-state index in [1.54, 1.807) is 36.4 Å². The summed E-state index contributed by atoms with van der Waals surface area (Å²) < 4.78 is 15.7. The van der Waals surface area contributed by atoms with E-state index in [0.29, 0.717) is 22.1 Å². The Kier molecular flexibility index (Phi) is 7.55. The molecular weight excluding hydrogens is 438 g/mol. The third-order valence-electron chi connectivity index (χ3n) is 4.24. The molecule has 0 spiro atoms. The van der Waals surface area contributed by atoms with Crippen molar-refractivity contribution in [2.45, 2.75) is 17.9 Å². The molecule has 0 saturated heterocycles. The van der Waals surface area contributed by atoms with Crippen LogP contribution in [0.4, 0.5) is 10.5 Å². The van der Waals surface area contributed by atoms with Gasteiger partial charge in [0, 0.05) is 23.7 Å². The molecule has 3 rings (SSSR count). The highest BCUT2D eigenvalue weighted by Gasteiger charge is 2.22. The first-order valence-electron chi connectivity index (χ1n) is 9.52. The van der Waals surface area contributed by atoms with Crippen LogP contribution in [0, 0.1) is 0 Å². The van der Waals surface area contributed by atoms with E-state index in [4.69, 9.17) is 14.2 Å². The average molecular weight is 459 g/mol. The lowest BCUT2D eigenvalue weighted by Crippen LogP contribution is -2.43. The van der Waals surface area contributed by atoms with Crippen molar-refractivity contribution in [2.75, 3.05) is 24.9 Å². The molecule has 10 nitrogen and oxygen atoms in total. The molecule has 0 bridgehead atoms. The van der Waals surface area contributed by atoms with E-state index in [1.807, 2.05) is 5.32 Å². The van der Waals surface area contributed by atoms with Crippen molar-refractivity contribution < 1.29 is 33.4 Å². The van der Waals surface area contributed by atoms with Gasteiger partial charge in [-0.1, -0.05) is 12.1 Å². The number of hydrogen-bond acceptors (Lipinski definition) is 8. The van der Waals surface area contributed by atoms with Crippen molar-refractivity contribution in [3.8, 4) is 11.5 Å². The van der Waals surface area contributed by atoms with Crippen molar-refractivity contribution in [1.82, 2.24) is 10.6 Å². The molecule has 2 aromatic rings. The summed E-state index contributed by atoms with van der Waals surface area (Å²) in [7, 11) is 1.36. The number of amides is 4. The molecule has 1 heterocycles. The second-order valence-electron chi connectivity index (χ2n) is 6.52. The smallest absolute Gasteiger partial charge is 0.340 e. The van der Waals surface area contributed by atoms with Crippen molar-refractivity contribution in [1.29, 1.82) is 0 Å². The molecule has 0 aromatic heterocycles. The summed E-state index contributed by atoms with van der Waals surface area (Å²) >= 11 is 1.14. The molecule has 3 N–H and O–H groups in total. The highest BCUT2D eigenvalue weighted by molar-refractivity contribution is 8.00. The molecule has 11 heteroatoms. The quantitative estimate of drug-likeness (QED) is 0.424. The van der Waals surface area contributed by atoms with Crippen LogP contribution in [0.3, 0.4) is 0 Å². The number of rotatable bonds is 7. The number of imide groups is 1. The number of anilines is 1. The lowest BCUT2D eigenvalue weighted by Gasteiger charge is -2.14. The Hall–Kier alpha value is -3.73. The third-order valence-corrected chi connectivity index (χ3v) is 5.31. The van der Waals surface area contributed by atoms with Gasteiger partial charge in [-0.25, -0.2) is 9.59 Å². The summed E-state index contributed by atoms with van der Waals surface area (Å²) in [6.07, 6.45) is -1.19. The maximum Gasteiger partial charge on any atom is 0.340 e. The third kappa shape index (κ3) is 5.91. The molecule has 0 radical (unpaired) electrons. The lowest BCUT2D eigenvalue weighted by atomic mass is 10.2. The molecule has 0 aliphatic carbocycles. The zero-order valence-electron chi connectivity index (χ0n) is 17.3. The van der Waals surface area contributed by atoms with Gasteiger partial charge in [-0.3, -0.25) is 14.9 Å². The Bertz CT molecular complexity index is 1040. The fourth-order valence-corrected chi connectivity index (χ4v) is 3.47. The van der Waals surface area contributed by atoms with Crippen LogP contribution >= 0.6 is 11.8 Å². The lowest BCUT2D eigenvalue weighted by molar-refractivity contribution is -0.127. The summed E-state index contributed by atoms with van der Waals surface area (Å²) in [5, 5.41) is 7.03. The second-order valence-corrected chi connectivity index (χ2v) is 7.53. The Balaban J connectivity index is 1.57. The molecule has 32 heavy (non-hydrogen) atoms. The maximum absolute atomic E-state index is 12.5. The monoisotopic (exact) mass is 459 g/mol. The normalized spacial score (nSPS) is 12.4. The first-order chi connectivity index (χ1) is 15.4. The van der Waals surface area contributed by atoms with Crippen LogP contribution in [0.15, 0.2) is 47.4 Å². The molecule has 1 atom stereocenters. The van der Waals surface area contributed by atoms with Crippen LogP contribution in [-0.2, 0) is 14.3 Å². The number of fused-ring (bicyclic) bond motifs is 1. The van der Waals surface area contributed by atoms with Crippen LogP contribution in [0.1, 0.15) is 17.3 Å². The Morgan fingerprint density at radius 3 is 2.62 bits per heavy atom. The number of esters is 1. The Morgan fingerprint density at radius 1 is 1.09 bits per heavy atom. The largest absolute Gasteiger partial charge is 0.454 e. The van der Waals surface area contributed by atoms with Gasteiger partial charge in [0.15, 0.2) is 17.6 Å². The van der Waals surface area contributed by atoms with E-state index < -0.39 is 24.0 Å². The van der Waals surface area contributed by atoms with E-state index in [2.05, 4.69) is 10.6 Å². The second kappa shape index (κ2) is 10.5. The first kappa shape index (κ1) is 22.9. The van der Waals surface area contributed by atoms with Crippen LogP contribution in [0.2, 0.25) is 0 Å². The van der Waals surface area contributed by atoms with E-state index in [-0.39, 0.29) is 24.0 Å². The number of benzene rings is 2. The fraction of sp³-hybridized carbons (Fsp3) is 0.238. The number of ether oxygens (including phenoxy) is 3. The average Bonchev–Trinajstić information content (AvgIpc) is 3.25. The van der Waals surface area contributed by atoms with Gasteiger partial charge in [-0.05, 0) is 31.2 Å². The van der Waals surface area contributed by atoms with E-state index in [1.165, 1.54) is 20.0 Å². The summed E-state index contributed by atoms with van der Waals surface area (Å²) in [4.78, 5) is 48.5. The standard InChI is InChI=1S/C21H21N3O7S/c1-12(19(26)24-21(28)22-2)31-20(27)14-5-3-4-6-17(14)32-10-18(25)23-13-7-8-15-16(9-13)30-11-29-15/h3-9,12H,10-11H2,1-2H3,(H,23,25)(H2,22,24,26,28). The minimum Gasteiger partial charge on any atom is -0.454 e. The van der Waals surface area contributed by atoms with Gasteiger partial charge in [-0.2, -0.15) is 0 Å². The van der Waals surface area contributed by atoms with Gasteiger partial charge in [0.2, 0.25) is 12.7 Å². The van der Waals surface area contributed by atoms with E-state index in [0.717, 1.165) is 11.8 Å². The molecule has 2 aromatic carbocycles. The van der Waals surface area contributed by atoms with Gasteiger partial charge in [0.25, 0.3) is 5.91 Å². The first-order valence-corrected chi connectivity index (χ1v) is 10.5. The number of nitrogens with one attached hydrogen (secondary N) is 3. The molecule has 0 fully saturated rings. The highest BCUT2D eigenvalue weighted by atomic mass is 32.2. The summed E-state index contributed by atoms with van der Waals surface area (Å²) in [6.45, 7) is 1.49.